The van der Waals surface area contributed by atoms with Crippen molar-refractivity contribution < 1.29 is 14.3 Å². The Balaban J connectivity index is 1.57. The molecule has 0 radical (unpaired) electrons. The topological polar surface area (TPSA) is 90.3 Å². The average Bonchev–Trinajstić information content (AvgIpc) is 2.92. The number of nitrogens with zero attached hydrogens (tertiary/aromatic N) is 2. The fourth-order valence-corrected chi connectivity index (χ4v) is 4.89. The first-order chi connectivity index (χ1) is 14.1. The third-order valence-corrected chi connectivity index (χ3v) is 6.27. The van der Waals surface area contributed by atoms with E-state index in [1.54, 1.807) is 29.5 Å². The van der Waals surface area contributed by atoms with Crippen molar-refractivity contribution in [3.8, 4) is 0 Å². The van der Waals surface area contributed by atoms with Gasteiger partial charge in [-0.1, -0.05) is 12.5 Å². The van der Waals surface area contributed by atoms with Crippen molar-refractivity contribution in [2.24, 2.45) is 0 Å². The summed E-state index contributed by atoms with van der Waals surface area (Å²) in [7, 11) is 1.30. The van der Waals surface area contributed by atoms with Crippen LogP contribution in [0.5, 0.6) is 0 Å². The van der Waals surface area contributed by atoms with Crippen molar-refractivity contribution >= 4 is 39.1 Å². The second-order valence-corrected chi connectivity index (χ2v) is 8.13. The van der Waals surface area contributed by atoms with E-state index in [9.17, 15) is 14.4 Å². The number of anilines is 1. The Hall–Kier alpha value is -3.00. The van der Waals surface area contributed by atoms with Crippen molar-refractivity contribution in [3.63, 3.8) is 0 Å². The quantitative estimate of drug-likeness (QED) is 0.526. The molecular weight excluding hydrogens is 390 g/mol. The van der Waals surface area contributed by atoms with Gasteiger partial charge in [0.1, 0.15) is 11.4 Å². The van der Waals surface area contributed by atoms with Crippen molar-refractivity contribution in [2.45, 2.75) is 38.6 Å². The van der Waals surface area contributed by atoms with Crippen LogP contribution in [-0.2, 0) is 28.9 Å². The highest BCUT2D eigenvalue weighted by molar-refractivity contribution is 7.18. The summed E-state index contributed by atoms with van der Waals surface area (Å²) < 4.78 is 6.04. The van der Waals surface area contributed by atoms with Gasteiger partial charge in [-0.05, 0) is 49.4 Å². The highest BCUT2D eigenvalue weighted by atomic mass is 32.1. The summed E-state index contributed by atoms with van der Waals surface area (Å²) in [6.45, 7) is -0.144. The number of esters is 1. The Morgan fingerprint density at radius 1 is 1.24 bits per heavy atom. The molecule has 4 rings (SSSR count). The van der Waals surface area contributed by atoms with E-state index in [4.69, 9.17) is 4.74 Å². The van der Waals surface area contributed by atoms with Crippen LogP contribution in [0.3, 0.4) is 0 Å². The molecule has 2 aromatic heterocycles. The smallest absolute Gasteiger partial charge is 0.337 e. The van der Waals surface area contributed by atoms with Gasteiger partial charge in [0.15, 0.2) is 0 Å². The molecule has 1 aliphatic carbocycles. The summed E-state index contributed by atoms with van der Waals surface area (Å²) in [6, 6.07) is 6.47. The molecule has 0 unspecified atom stereocenters. The number of fused-ring (bicyclic) bond motifs is 3. The lowest BCUT2D eigenvalue weighted by molar-refractivity contribution is -0.116. The zero-order valence-corrected chi connectivity index (χ0v) is 16.9. The summed E-state index contributed by atoms with van der Waals surface area (Å²) >= 11 is 1.60. The van der Waals surface area contributed by atoms with Crippen LogP contribution in [0.4, 0.5) is 5.69 Å². The molecule has 150 valence electrons. The minimum atomic E-state index is -0.481. The molecule has 0 atom stereocenters. The average molecular weight is 411 g/mol. The van der Waals surface area contributed by atoms with Gasteiger partial charge in [-0.3, -0.25) is 14.2 Å². The summed E-state index contributed by atoms with van der Waals surface area (Å²) in [5.41, 5.74) is 1.74. The minimum Gasteiger partial charge on any atom is -0.465 e. The number of rotatable bonds is 4. The molecular formula is C21H21N3O4S. The van der Waals surface area contributed by atoms with E-state index in [1.165, 1.54) is 35.4 Å². The number of ether oxygens (including phenoxy) is 1. The SMILES string of the molecule is COC(=O)c1cccc(NC(=O)Cn2cnc3sc4c(c3c2=O)CCCCC4)c1. The number of carbonyl (C=O) groups is 2. The number of amides is 1. The molecule has 1 amide bonds. The van der Waals surface area contributed by atoms with Gasteiger partial charge in [0, 0.05) is 10.6 Å². The van der Waals surface area contributed by atoms with Crippen molar-refractivity contribution in [1.82, 2.24) is 9.55 Å². The molecule has 7 nitrogen and oxygen atoms in total. The number of thiophene rings is 1. The Bertz CT molecular complexity index is 1150. The number of aromatic nitrogens is 2. The monoisotopic (exact) mass is 411 g/mol. The predicted molar refractivity (Wildman–Crippen MR) is 112 cm³/mol. The molecule has 0 fully saturated rings. The maximum absolute atomic E-state index is 13.0. The lowest BCUT2D eigenvalue weighted by Gasteiger charge is -2.09. The Morgan fingerprint density at radius 2 is 2.07 bits per heavy atom. The number of aryl methyl sites for hydroxylation is 2. The Labute approximate surface area is 171 Å². The third kappa shape index (κ3) is 3.93. The number of carbonyl (C=O) groups excluding carboxylic acids is 2. The Morgan fingerprint density at radius 3 is 2.90 bits per heavy atom. The molecule has 29 heavy (non-hydrogen) atoms. The van der Waals surface area contributed by atoms with Crippen molar-refractivity contribution in [3.05, 3.63) is 57.0 Å². The lowest BCUT2D eigenvalue weighted by atomic mass is 10.1. The molecule has 1 N–H and O–H groups in total. The van der Waals surface area contributed by atoms with E-state index < -0.39 is 5.97 Å². The normalized spacial score (nSPS) is 13.6. The van der Waals surface area contributed by atoms with Crippen LogP contribution in [-0.4, -0.2) is 28.5 Å². The maximum Gasteiger partial charge on any atom is 0.337 e. The first kappa shape index (κ1) is 19.3. The highest BCUT2D eigenvalue weighted by Gasteiger charge is 2.19. The van der Waals surface area contributed by atoms with Gasteiger partial charge in [0.25, 0.3) is 5.56 Å². The molecule has 0 aliphatic heterocycles. The van der Waals surface area contributed by atoms with Crippen LogP contribution in [0.25, 0.3) is 10.2 Å². The van der Waals surface area contributed by atoms with Crippen LogP contribution in [0.1, 0.15) is 40.1 Å². The standard InChI is InChI=1S/C21H21N3O4S/c1-28-21(27)13-6-5-7-14(10-13)23-17(25)11-24-12-22-19-18(20(24)26)15-8-3-2-4-9-16(15)29-19/h5-7,10,12H,2-4,8-9,11H2,1H3,(H,23,25). The van der Waals surface area contributed by atoms with E-state index >= 15 is 0 Å². The van der Waals surface area contributed by atoms with Crippen LogP contribution >= 0.6 is 11.3 Å². The van der Waals surface area contributed by atoms with Crippen LogP contribution < -0.4 is 10.9 Å². The molecule has 0 saturated heterocycles. The first-order valence-electron chi connectivity index (χ1n) is 9.54. The van der Waals surface area contributed by atoms with Crippen molar-refractivity contribution in [2.75, 3.05) is 12.4 Å². The zero-order valence-electron chi connectivity index (χ0n) is 16.1. The van der Waals surface area contributed by atoms with E-state index in [-0.39, 0.29) is 18.0 Å². The van der Waals surface area contributed by atoms with Gasteiger partial charge < -0.3 is 10.1 Å². The maximum atomic E-state index is 13.0. The predicted octanol–water partition coefficient (Wildman–Crippen LogP) is 3.15. The second kappa shape index (κ2) is 8.16. The lowest BCUT2D eigenvalue weighted by Crippen LogP contribution is -2.28. The molecule has 1 aliphatic rings. The molecule has 2 heterocycles. The van der Waals surface area contributed by atoms with E-state index in [1.807, 2.05) is 0 Å². The van der Waals surface area contributed by atoms with Gasteiger partial charge in [0.05, 0.1) is 24.4 Å². The van der Waals surface area contributed by atoms with Crippen LogP contribution in [0, 0.1) is 0 Å². The number of benzene rings is 1. The molecule has 0 bridgehead atoms. The van der Waals surface area contributed by atoms with Crippen LogP contribution in [0.2, 0.25) is 0 Å². The largest absolute Gasteiger partial charge is 0.465 e. The van der Waals surface area contributed by atoms with E-state index in [2.05, 4.69) is 10.3 Å². The van der Waals surface area contributed by atoms with Crippen LogP contribution in [0.15, 0.2) is 35.4 Å². The number of methoxy groups -OCH3 is 1. The zero-order chi connectivity index (χ0) is 20.4. The number of hydrogen-bond donors (Lipinski definition) is 1. The fourth-order valence-electron chi connectivity index (χ4n) is 3.67. The van der Waals surface area contributed by atoms with Gasteiger partial charge in [0.2, 0.25) is 5.91 Å². The van der Waals surface area contributed by atoms with E-state index in [0.717, 1.165) is 36.1 Å². The number of hydrogen-bond acceptors (Lipinski definition) is 6. The molecule has 3 aromatic rings. The fraction of sp³-hybridized carbons (Fsp3) is 0.333. The molecule has 1 aromatic carbocycles. The summed E-state index contributed by atoms with van der Waals surface area (Å²) in [5, 5.41) is 3.38. The summed E-state index contributed by atoms with van der Waals surface area (Å²) in [4.78, 5) is 43.6. The van der Waals surface area contributed by atoms with E-state index in [0.29, 0.717) is 16.6 Å². The molecule has 0 saturated carbocycles. The number of nitrogens with one attached hydrogen (secondary N) is 1. The minimum absolute atomic E-state index is 0.144. The van der Waals surface area contributed by atoms with Gasteiger partial charge in [-0.2, -0.15) is 0 Å². The first-order valence-corrected chi connectivity index (χ1v) is 10.4. The summed E-state index contributed by atoms with van der Waals surface area (Å²) in [5.74, 6) is -0.846. The molecule has 8 heteroatoms. The third-order valence-electron chi connectivity index (χ3n) is 5.07. The highest BCUT2D eigenvalue weighted by Crippen LogP contribution is 2.32. The van der Waals surface area contributed by atoms with Gasteiger partial charge >= 0.3 is 5.97 Å². The second-order valence-electron chi connectivity index (χ2n) is 7.04. The molecule has 0 spiro atoms. The van der Waals surface area contributed by atoms with Crippen molar-refractivity contribution in [1.29, 1.82) is 0 Å². The Kier molecular flexibility index (Phi) is 5.44. The summed E-state index contributed by atoms with van der Waals surface area (Å²) in [6.07, 6.45) is 6.70. The van der Waals surface area contributed by atoms with Gasteiger partial charge in [-0.15, -0.1) is 11.3 Å². The van der Waals surface area contributed by atoms with Gasteiger partial charge in [-0.25, -0.2) is 9.78 Å².